The molecule has 0 heterocycles. The number of aromatic hydroxyl groups is 1. The fourth-order valence-corrected chi connectivity index (χ4v) is 2.32. The molecule has 0 bridgehead atoms. The SMILES string of the molecule is Cc1cc(F)c(C2(N)CCCC2)cc1O. The molecule has 0 atom stereocenters. The Bertz CT molecular complexity index is 383. The lowest BCUT2D eigenvalue weighted by molar-refractivity contribution is 0.420. The monoisotopic (exact) mass is 209 g/mol. The number of nitrogens with two attached hydrogens (primary N) is 1. The highest BCUT2D eigenvalue weighted by molar-refractivity contribution is 5.40. The van der Waals surface area contributed by atoms with E-state index >= 15 is 0 Å². The number of phenolic OH excluding ortho intramolecular Hbond substituents is 1. The highest BCUT2D eigenvalue weighted by Crippen LogP contribution is 2.39. The van der Waals surface area contributed by atoms with Gasteiger partial charge in [-0.15, -0.1) is 0 Å². The van der Waals surface area contributed by atoms with E-state index in [1.807, 2.05) is 0 Å². The molecule has 1 fully saturated rings. The third-order valence-electron chi connectivity index (χ3n) is 3.32. The van der Waals surface area contributed by atoms with Crippen LogP contribution in [0, 0.1) is 12.7 Å². The first-order valence-electron chi connectivity index (χ1n) is 5.31. The predicted octanol–water partition coefficient (Wildman–Crippen LogP) is 2.57. The lowest BCUT2D eigenvalue weighted by Crippen LogP contribution is -2.34. The minimum atomic E-state index is -0.574. The van der Waals surface area contributed by atoms with E-state index in [4.69, 9.17) is 5.73 Å². The number of phenols is 1. The van der Waals surface area contributed by atoms with Crippen LogP contribution in [0.2, 0.25) is 0 Å². The summed E-state index contributed by atoms with van der Waals surface area (Å²) in [5.74, 6) is -0.169. The second kappa shape index (κ2) is 3.49. The van der Waals surface area contributed by atoms with Gasteiger partial charge in [-0.2, -0.15) is 0 Å². The van der Waals surface area contributed by atoms with Crippen LogP contribution < -0.4 is 5.73 Å². The second-order valence-corrected chi connectivity index (χ2v) is 4.48. The molecule has 1 aliphatic carbocycles. The molecule has 3 N–H and O–H groups in total. The number of benzene rings is 1. The van der Waals surface area contributed by atoms with Gasteiger partial charge in [0.25, 0.3) is 0 Å². The summed E-state index contributed by atoms with van der Waals surface area (Å²) in [6.07, 6.45) is 3.66. The first-order chi connectivity index (χ1) is 7.03. The van der Waals surface area contributed by atoms with Crippen molar-refractivity contribution in [3.05, 3.63) is 29.1 Å². The van der Waals surface area contributed by atoms with Gasteiger partial charge in [0.1, 0.15) is 11.6 Å². The number of hydrogen-bond donors (Lipinski definition) is 2. The summed E-state index contributed by atoms with van der Waals surface area (Å²) >= 11 is 0. The molecule has 82 valence electrons. The lowest BCUT2D eigenvalue weighted by atomic mass is 9.88. The van der Waals surface area contributed by atoms with Crippen molar-refractivity contribution in [1.29, 1.82) is 0 Å². The van der Waals surface area contributed by atoms with Crippen LogP contribution in [0.25, 0.3) is 0 Å². The van der Waals surface area contributed by atoms with Gasteiger partial charge in [0.05, 0.1) is 0 Å². The molecule has 0 amide bonds. The zero-order chi connectivity index (χ0) is 11.1. The predicted molar refractivity (Wildman–Crippen MR) is 57.1 cm³/mol. The standard InChI is InChI=1S/C12H16FNO/c1-8-6-10(13)9(7-11(8)15)12(14)4-2-3-5-12/h6-7,15H,2-5,14H2,1H3. The summed E-state index contributed by atoms with van der Waals surface area (Å²) in [5, 5.41) is 9.58. The zero-order valence-electron chi connectivity index (χ0n) is 8.89. The van der Waals surface area contributed by atoms with Crippen molar-refractivity contribution in [3.63, 3.8) is 0 Å². The van der Waals surface area contributed by atoms with E-state index in [1.165, 1.54) is 12.1 Å². The first kappa shape index (κ1) is 10.4. The Kier molecular flexibility index (Phi) is 2.43. The molecule has 2 rings (SSSR count). The number of halogens is 1. The van der Waals surface area contributed by atoms with Gasteiger partial charge in [0.15, 0.2) is 0 Å². The molecule has 1 aliphatic rings. The van der Waals surface area contributed by atoms with Gasteiger partial charge >= 0.3 is 0 Å². The van der Waals surface area contributed by atoms with E-state index in [0.717, 1.165) is 25.7 Å². The molecule has 1 saturated carbocycles. The molecule has 0 saturated heterocycles. The molecule has 0 spiro atoms. The highest BCUT2D eigenvalue weighted by Gasteiger charge is 2.34. The van der Waals surface area contributed by atoms with Gasteiger partial charge in [-0.3, -0.25) is 0 Å². The van der Waals surface area contributed by atoms with Crippen molar-refractivity contribution in [2.45, 2.75) is 38.1 Å². The van der Waals surface area contributed by atoms with Gasteiger partial charge in [0, 0.05) is 11.1 Å². The Labute approximate surface area is 88.9 Å². The molecule has 2 nitrogen and oxygen atoms in total. The van der Waals surface area contributed by atoms with Gasteiger partial charge in [0.2, 0.25) is 0 Å². The van der Waals surface area contributed by atoms with Crippen LogP contribution in [-0.2, 0) is 5.54 Å². The molecular weight excluding hydrogens is 193 g/mol. The van der Waals surface area contributed by atoms with Gasteiger partial charge in [-0.1, -0.05) is 12.8 Å². The minimum Gasteiger partial charge on any atom is -0.508 e. The quantitative estimate of drug-likeness (QED) is 0.746. The Balaban J connectivity index is 2.48. The van der Waals surface area contributed by atoms with Crippen LogP contribution in [0.15, 0.2) is 12.1 Å². The Hall–Kier alpha value is -1.09. The minimum absolute atomic E-state index is 0.128. The molecular formula is C12H16FNO. The second-order valence-electron chi connectivity index (χ2n) is 4.48. The number of hydrogen-bond acceptors (Lipinski definition) is 2. The maximum absolute atomic E-state index is 13.7. The van der Waals surface area contributed by atoms with E-state index < -0.39 is 5.54 Å². The molecule has 15 heavy (non-hydrogen) atoms. The van der Waals surface area contributed by atoms with Crippen LogP contribution in [0.1, 0.15) is 36.8 Å². The van der Waals surface area contributed by atoms with Gasteiger partial charge in [-0.05, 0) is 37.5 Å². The van der Waals surface area contributed by atoms with E-state index in [1.54, 1.807) is 6.92 Å². The van der Waals surface area contributed by atoms with Gasteiger partial charge in [-0.25, -0.2) is 4.39 Å². The zero-order valence-corrected chi connectivity index (χ0v) is 8.89. The number of rotatable bonds is 1. The van der Waals surface area contributed by atoms with Crippen LogP contribution in [0.3, 0.4) is 0 Å². The summed E-state index contributed by atoms with van der Waals surface area (Å²) in [4.78, 5) is 0. The van der Waals surface area contributed by atoms with E-state index in [-0.39, 0.29) is 11.6 Å². The van der Waals surface area contributed by atoms with Crippen LogP contribution >= 0.6 is 0 Å². The normalized spacial score (nSPS) is 19.4. The maximum atomic E-state index is 13.7. The summed E-state index contributed by atoms with van der Waals surface area (Å²) < 4.78 is 13.7. The molecule has 3 heteroatoms. The summed E-state index contributed by atoms with van der Waals surface area (Å²) in [5.41, 5.74) is 6.59. The van der Waals surface area contributed by atoms with Crippen molar-refractivity contribution in [2.75, 3.05) is 0 Å². The van der Waals surface area contributed by atoms with E-state index in [9.17, 15) is 9.50 Å². The largest absolute Gasteiger partial charge is 0.508 e. The first-order valence-corrected chi connectivity index (χ1v) is 5.31. The maximum Gasteiger partial charge on any atom is 0.128 e. The van der Waals surface area contributed by atoms with E-state index in [0.29, 0.717) is 11.1 Å². The average molecular weight is 209 g/mol. The van der Waals surface area contributed by atoms with Crippen molar-refractivity contribution in [1.82, 2.24) is 0 Å². The number of aryl methyl sites for hydroxylation is 1. The molecule has 0 radical (unpaired) electrons. The molecule has 0 aliphatic heterocycles. The molecule has 1 aromatic carbocycles. The Morgan fingerprint density at radius 3 is 2.53 bits per heavy atom. The molecule has 0 unspecified atom stereocenters. The molecule has 0 aromatic heterocycles. The van der Waals surface area contributed by atoms with Crippen molar-refractivity contribution in [2.24, 2.45) is 5.73 Å². The Morgan fingerprint density at radius 2 is 1.93 bits per heavy atom. The third-order valence-corrected chi connectivity index (χ3v) is 3.32. The van der Waals surface area contributed by atoms with Crippen molar-refractivity contribution < 1.29 is 9.50 Å². The summed E-state index contributed by atoms with van der Waals surface area (Å²) in [7, 11) is 0. The van der Waals surface area contributed by atoms with Crippen LogP contribution in [-0.4, -0.2) is 5.11 Å². The van der Waals surface area contributed by atoms with Crippen LogP contribution in [0.5, 0.6) is 5.75 Å². The fraction of sp³-hybridized carbons (Fsp3) is 0.500. The highest BCUT2D eigenvalue weighted by atomic mass is 19.1. The summed E-state index contributed by atoms with van der Waals surface area (Å²) in [6.45, 7) is 1.68. The van der Waals surface area contributed by atoms with Crippen molar-refractivity contribution in [3.8, 4) is 5.75 Å². The molecule has 1 aromatic rings. The third kappa shape index (κ3) is 1.72. The van der Waals surface area contributed by atoms with Gasteiger partial charge < -0.3 is 10.8 Å². The Morgan fingerprint density at radius 1 is 1.33 bits per heavy atom. The van der Waals surface area contributed by atoms with Crippen molar-refractivity contribution >= 4 is 0 Å². The van der Waals surface area contributed by atoms with Crippen LogP contribution in [0.4, 0.5) is 4.39 Å². The average Bonchev–Trinajstić information content (AvgIpc) is 2.60. The lowest BCUT2D eigenvalue weighted by Gasteiger charge is -2.25. The smallest absolute Gasteiger partial charge is 0.128 e. The van der Waals surface area contributed by atoms with E-state index in [2.05, 4.69) is 0 Å². The fourth-order valence-electron chi connectivity index (χ4n) is 2.32. The topological polar surface area (TPSA) is 46.2 Å². The summed E-state index contributed by atoms with van der Waals surface area (Å²) in [6, 6.07) is 2.84.